The van der Waals surface area contributed by atoms with Crippen molar-refractivity contribution in [1.82, 2.24) is 0 Å². The van der Waals surface area contributed by atoms with Gasteiger partial charge in [0.2, 0.25) is 5.76 Å². The Labute approximate surface area is 95.7 Å². The summed E-state index contributed by atoms with van der Waals surface area (Å²) in [5.74, 6) is -1.11. The lowest BCUT2D eigenvalue weighted by Gasteiger charge is -2.07. The third kappa shape index (κ3) is 2.29. The van der Waals surface area contributed by atoms with E-state index in [1.54, 1.807) is 19.1 Å². The van der Waals surface area contributed by atoms with Gasteiger partial charge < -0.3 is 9.52 Å². The van der Waals surface area contributed by atoms with Crippen LogP contribution in [0.2, 0.25) is 0 Å². The van der Waals surface area contributed by atoms with Crippen molar-refractivity contribution >= 4 is 11.0 Å². The third-order valence-electron chi connectivity index (χ3n) is 2.66. The van der Waals surface area contributed by atoms with Crippen molar-refractivity contribution in [3.63, 3.8) is 0 Å². The van der Waals surface area contributed by atoms with E-state index in [0.717, 1.165) is 11.6 Å². The van der Waals surface area contributed by atoms with E-state index >= 15 is 0 Å². The Balaban J connectivity index is 2.48. The highest BCUT2D eigenvalue weighted by Gasteiger charge is 2.35. The van der Waals surface area contributed by atoms with Crippen molar-refractivity contribution < 1.29 is 22.7 Å². The number of hydrogen-bond donors (Lipinski definition) is 1. The third-order valence-corrected chi connectivity index (χ3v) is 2.66. The topological polar surface area (TPSA) is 33.4 Å². The van der Waals surface area contributed by atoms with E-state index in [9.17, 15) is 13.2 Å². The molecule has 0 aliphatic heterocycles. The van der Waals surface area contributed by atoms with E-state index in [2.05, 4.69) is 0 Å². The van der Waals surface area contributed by atoms with Gasteiger partial charge in [-0.3, -0.25) is 0 Å². The summed E-state index contributed by atoms with van der Waals surface area (Å²) < 4.78 is 42.0. The summed E-state index contributed by atoms with van der Waals surface area (Å²) in [7, 11) is 0. The summed E-state index contributed by atoms with van der Waals surface area (Å²) in [4.78, 5) is 0. The number of benzene rings is 1. The minimum absolute atomic E-state index is 0.0461. The second-order valence-corrected chi connectivity index (χ2v) is 3.99. The molecule has 1 aromatic carbocycles. The Hall–Kier alpha value is -1.49. The first-order valence-corrected chi connectivity index (χ1v) is 5.13. The fraction of sp³-hybridized carbons (Fsp3) is 0.333. The molecule has 1 atom stereocenters. The Kier molecular flexibility index (Phi) is 2.87. The van der Waals surface area contributed by atoms with Crippen molar-refractivity contribution in [2.75, 3.05) is 6.61 Å². The number of aliphatic hydroxyl groups is 1. The highest BCUT2D eigenvalue weighted by molar-refractivity contribution is 5.79. The molecule has 0 radical (unpaired) electrons. The van der Waals surface area contributed by atoms with Crippen molar-refractivity contribution in [3.05, 3.63) is 35.6 Å². The van der Waals surface area contributed by atoms with E-state index in [4.69, 9.17) is 9.52 Å². The fourth-order valence-electron chi connectivity index (χ4n) is 1.61. The molecular formula is C12H11F3O2. The second-order valence-electron chi connectivity index (χ2n) is 3.99. The van der Waals surface area contributed by atoms with Gasteiger partial charge in [0.1, 0.15) is 5.58 Å². The van der Waals surface area contributed by atoms with Gasteiger partial charge in [0, 0.05) is 17.9 Å². The monoisotopic (exact) mass is 244 g/mol. The average Bonchev–Trinajstić information content (AvgIpc) is 2.70. The van der Waals surface area contributed by atoms with Gasteiger partial charge >= 0.3 is 6.18 Å². The minimum Gasteiger partial charge on any atom is -0.452 e. The quantitative estimate of drug-likeness (QED) is 0.876. The molecule has 0 fully saturated rings. The second kappa shape index (κ2) is 4.07. The molecule has 1 aromatic heterocycles. The Morgan fingerprint density at radius 2 is 2.00 bits per heavy atom. The molecule has 0 saturated carbocycles. The zero-order chi connectivity index (χ0) is 12.6. The molecule has 1 heterocycles. The maximum absolute atomic E-state index is 12.4. The highest BCUT2D eigenvalue weighted by atomic mass is 19.4. The lowest BCUT2D eigenvalue weighted by molar-refractivity contribution is -0.152. The molecule has 2 rings (SSSR count). The number of halogens is 3. The van der Waals surface area contributed by atoms with Crippen LogP contribution in [0.4, 0.5) is 13.2 Å². The number of furan rings is 1. The Morgan fingerprint density at radius 3 is 2.59 bits per heavy atom. The van der Waals surface area contributed by atoms with Crippen LogP contribution in [-0.2, 0) is 6.18 Å². The Morgan fingerprint density at radius 1 is 1.29 bits per heavy atom. The first kappa shape index (κ1) is 12.0. The van der Waals surface area contributed by atoms with E-state index < -0.39 is 11.9 Å². The lowest BCUT2D eigenvalue weighted by Crippen LogP contribution is -2.01. The molecule has 0 amide bonds. The maximum atomic E-state index is 12.4. The smallest absolute Gasteiger partial charge is 0.449 e. The number of rotatable bonds is 2. The van der Waals surface area contributed by atoms with Gasteiger partial charge in [-0.05, 0) is 23.8 Å². The van der Waals surface area contributed by atoms with Crippen LogP contribution in [0, 0.1) is 0 Å². The van der Waals surface area contributed by atoms with Crippen LogP contribution < -0.4 is 0 Å². The summed E-state index contributed by atoms with van der Waals surface area (Å²) in [5, 5.41) is 9.39. The van der Waals surface area contributed by atoms with Crippen molar-refractivity contribution in [2.24, 2.45) is 0 Å². The summed E-state index contributed by atoms with van der Waals surface area (Å²) in [6.45, 7) is 1.75. The standard InChI is InChI=1S/C12H11F3O2/c1-7(6-16)8-2-3-10-9(4-8)5-11(17-10)12(13,14)15/h2-5,7,16H,6H2,1H3. The molecule has 0 aliphatic rings. The fourth-order valence-corrected chi connectivity index (χ4v) is 1.61. The van der Waals surface area contributed by atoms with Gasteiger partial charge in [-0.2, -0.15) is 13.2 Å². The van der Waals surface area contributed by atoms with Crippen LogP contribution in [0.25, 0.3) is 11.0 Å². The van der Waals surface area contributed by atoms with E-state index in [0.29, 0.717) is 5.39 Å². The molecular weight excluding hydrogens is 233 g/mol. The number of fused-ring (bicyclic) bond motifs is 1. The summed E-state index contributed by atoms with van der Waals surface area (Å²) >= 11 is 0. The number of aliphatic hydroxyl groups excluding tert-OH is 1. The minimum atomic E-state index is -4.47. The van der Waals surface area contributed by atoms with Crippen LogP contribution in [0.5, 0.6) is 0 Å². The normalized spacial score (nSPS) is 14.2. The first-order valence-electron chi connectivity index (χ1n) is 5.13. The van der Waals surface area contributed by atoms with E-state index in [1.807, 2.05) is 0 Å². The maximum Gasteiger partial charge on any atom is 0.449 e. The van der Waals surface area contributed by atoms with E-state index in [-0.39, 0.29) is 18.1 Å². The van der Waals surface area contributed by atoms with Crippen LogP contribution >= 0.6 is 0 Å². The molecule has 2 aromatic rings. The van der Waals surface area contributed by atoms with Crippen LogP contribution in [-0.4, -0.2) is 11.7 Å². The van der Waals surface area contributed by atoms with Gasteiger partial charge in [-0.1, -0.05) is 13.0 Å². The zero-order valence-electron chi connectivity index (χ0n) is 9.08. The van der Waals surface area contributed by atoms with E-state index in [1.165, 1.54) is 6.07 Å². The van der Waals surface area contributed by atoms with Crippen LogP contribution in [0.3, 0.4) is 0 Å². The molecule has 0 bridgehead atoms. The summed E-state index contributed by atoms with van der Waals surface area (Å²) in [6, 6.07) is 5.73. The predicted octanol–water partition coefficient (Wildman–Crippen LogP) is 3.55. The van der Waals surface area contributed by atoms with Crippen LogP contribution in [0.15, 0.2) is 28.7 Å². The molecule has 0 aliphatic carbocycles. The van der Waals surface area contributed by atoms with Crippen LogP contribution in [0.1, 0.15) is 24.2 Å². The predicted molar refractivity (Wildman–Crippen MR) is 56.7 cm³/mol. The molecule has 92 valence electrons. The highest BCUT2D eigenvalue weighted by Crippen LogP contribution is 2.34. The average molecular weight is 244 g/mol. The molecule has 1 N–H and O–H groups in total. The SMILES string of the molecule is CC(CO)c1ccc2oc(C(F)(F)F)cc2c1. The lowest BCUT2D eigenvalue weighted by atomic mass is 10.0. The number of hydrogen-bond acceptors (Lipinski definition) is 2. The van der Waals surface area contributed by atoms with Gasteiger partial charge in [0.05, 0.1) is 0 Å². The Bertz CT molecular complexity index is 528. The largest absolute Gasteiger partial charge is 0.452 e. The summed E-state index contributed by atoms with van der Waals surface area (Å²) in [6.07, 6.45) is -4.47. The number of alkyl halides is 3. The van der Waals surface area contributed by atoms with Gasteiger partial charge in [0.25, 0.3) is 0 Å². The van der Waals surface area contributed by atoms with Gasteiger partial charge in [-0.15, -0.1) is 0 Å². The molecule has 17 heavy (non-hydrogen) atoms. The summed E-state index contributed by atoms with van der Waals surface area (Å²) in [5.41, 5.74) is 0.987. The first-order chi connectivity index (χ1) is 7.91. The van der Waals surface area contributed by atoms with Gasteiger partial charge in [0.15, 0.2) is 0 Å². The zero-order valence-corrected chi connectivity index (χ0v) is 9.08. The molecule has 1 unspecified atom stereocenters. The molecule has 0 spiro atoms. The molecule has 2 nitrogen and oxygen atoms in total. The van der Waals surface area contributed by atoms with Gasteiger partial charge in [-0.25, -0.2) is 0 Å². The van der Waals surface area contributed by atoms with Crippen molar-refractivity contribution in [1.29, 1.82) is 0 Å². The molecule has 0 saturated heterocycles. The molecule has 5 heteroatoms. The van der Waals surface area contributed by atoms with Crippen molar-refractivity contribution in [2.45, 2.75) is 19.0 Å². The van der Waals surface area contributed by atoms with Crippen molar-refractivity contribution in [3.8, 4) is 0 Å².